The van der Waals surface area contributed by atoms with E-state index in [1.807, 2.05) is 20.0 Å². The molecule has 2 heterocycles. The lowest BCUT2D eigenvalue weighted by atomic mass is 10.3. The van der Waals surface area contributed by atoms with Gasteiger partial charge in [-0.05, 0) is 19.4 Å². The smallest absolute Gasteiger partial charge is 0.271 e. The molecule has 19 heavy (non-hydrogen) atoms. The zero-order chi connectivity index (χ0) is 13.8. The highest BCUT2D eigenvalue weighted by Gasteiger charge is 2.15. The average molecular weight is 262 g/mol. The van der Waals surface area contributed by atoms with Gasteiger partial charge < -0.3 is 11.1 Å². The quantitative estimate of drug-likeness (QED) is 0.817. The summed E-state index contributed by atoms with van der Waals surface area (Å²) in [5.74, 6) is -0.208. The zero-order valence-electron chi connectivity index (χ0n) is 11.1. The molecule has 2 rings (SSSR count). The fraction of sp³-hybridized carbons (Fsp3) is 0.417. The minimum Gasteiger partial charge on any atom is -0.396 e. The van der Waals surface area contributed by atoms with Crippen LogP contribution in [0.1, 0.15) is 23.0 Å². The van der Waals surface area contributed by atoms with E-state index in [0.717, 1.165) is 5.56 Å². The summed E-state index contributed by atoms with van der Waals surface area (Å²) < 4.78 is 3.37. The van der Waals surface area contributed by atoms with Gasteiger partial charge in [-0.25, -0.2) is 0 Å². The van der Waals surface area contributed by atoms with Crippen molar-refractivity contribution in [3.8, 4) is 0 Å². The minimum absolute atomic E-state index is 0.208. The van der Waals surface area contributed by atoms with Gasteiger partial charge in [-0.15, -0.1) is 0 Å². The van der Waals surface area contributed by atoms with Crippen LogP contribution in [0, 0.1) is 6.92 Å². The number of hydrogen-bond donors (Lipinski definition) is 2. The van der Waals surface area contributed by atoms with Gasteiger partial charge in [0.1, 0.15) is 5.69 Å². The van der Waals surface area contributed by atoms with Crippen molar-refractivity contribution in [3.05, 3.63) is 29.8 Å². The predicted molar refractivity (Wildman–Crippen MR) is 71.6 cm³/mol. The molecule has 0 radical (unpaired) electrons. The number of amides is 1. The maximum atomic E-state index is 12.0. The molecule has 0 aromatic carbocycles. The van der Waals surface area contributed by atoms with Crippen molar-refractivity contribution in [2.45, 2.75) is 26.9 Å². The molecule has 2 aromatic rings. The Balaban J connectivity index is 1.92. The van der Waals surface area contributed by atoms with Crippen molar-refractivity contribution in [1.29, 1.82) is 0 Å². The third kappa shape index (κ3) is 2.93. The number of nitrogens with zero attached hydrogens (tertiary/aromatic N) is 4. The third-order valence-electron chi connectivity index (χ3n) is 2.77. The molecular formula is C12H18N6O. The van der Waals surface area contributed by atoms with Crippen LogP contribution < -0.4 is 11.1 Å². The number of rotatable bonds is 5. The fourth-order valence-electron chi connectivity index (χ4n) is 1.84. The standard InChI is InChI=1S/C12H18N6O/c1-3-18-11(10(13)7-16-18)12(19)14-4-5-17-8-9(2)6-15-17/h6-8H,3-5,13H2,1-2H3,(H,14,19). The second kappa shape index (κ2) is 5.55. The van der Waals surface area contributed by atoms with Gasteiger partial charge in [0.25, 0.3) is 5.91 Å². The maximum absolute atomic E-state index is 12.0. The molecular weight excluding hydrogens is 244 g/mol. The van der Waals surface area contributed by atoms with Crippen LogP contribution in [0.3, 0.4) is 0 Å². The monoisotopic (exact) mass is 262 g/mol. The fourth-order valence-corrected chi connectivity index (χ4v) is 1.84. The molecule has 0 unspecified atom stereocenters. The minimum atomic E-state index is -0.208. The first-order valence-electron chi connectivity index (χ1n) is 6.20. The van der Waals surface area contributed by atoms with Crippen LogP contribution in [-0.2, 0) is 13.1 Å². The van der Waals surface area contributed by atoms with Crippen LogP contribution in [0.5, 0.6) is 0 Å². The lowest BCUT2D eigenvalue weighted by Crippen LogP contribution is -2.30. The summed E-state index contributed by atoms with van der Waals surface area (Å²) in [5, 5.41) is 11.0. The Labute approximate surface area is 111 Å². The van der Waals surface area contributed by atoms with E-state index in [9.17, 15) is 4.79 Å². The van der Waals surface area contributed by atoms with Crippen molar-refractivity contribution in [2.24, 2.45) is 0 Å². The number of aromatic nitrogens is 4. The van der Waals surface area contributed by atoms with E-state index in [-0.39, 0.29) is 5.91 Å². The van der Waals surface area contributed by atoms with Gasteiger partial charge in [0, 0.05) is 19.3 Å². The molecule has 1 amide bonds. The first-order chi connectivity index (χ1) is 9.11. The number of nitrogens with two attached hydrogens (primary N) is 1. The van der Waals surface area contributed by atoms with E-state index in [2.05, 4.69) is 15.5 Å². The Morgan fingerprint density at radius 3 is 2.84 bits per heavy atom. The highest BCUT2D eigenvalue weighted by Crippen LogP contribution is 2.10. The summed E-state index contributed by atoms with van der Waals surface area (Å²) in [6.45, 7) is 5.62. The van der Waals surface area contributed by atoms with Crippen LogP contribution >= 0.6 is 0 Å². The SMILES string of the molecule is CCn1ncc(N)c1C(=O)NCCn1cc(C)cn1. The molecule has 3 N–H and O–H groups in total. The van der Waals surface area contributed by atoms with Gasteiger partial charge in [-0.3, -0.25) is 14.2 Å². The third-order valence-corrected chi connectivity index (χ3v) is 2.77. The van der Waals surface area contributed by atoms with Crippen molar-refractivity contribution < 1.29 is 4.79 Å². The summed E-state index contributed by atoms with van der Waals surface area (Å²) in [7, 11) is 0. The number of hydrogen-bond acceptors (Lipinski definition) is 4. The van der Waals surface area contributed by atoms with Crippen LogP contribution in [0.15, 0.2) is 18.6 Å². The predicted octanol–water partition coefficient (Wildman–Crippen LogP) is 0.420. The number of carbonyl (C=O) groups excluding carboxylic acids is 1. The molecule has 0 aliphatic carbocycles. The van der Waals surface area contributed by atoms with Crippen molar-refractivity contribution in [3.63, 3.8) is 0 Å². The van der Waals surface area contributed by atoms with Gasteiger partial charge in [0.15, 0.2) is 0 Å². The van der Waals surface area contributed by atoms with Crippen LogP contribution in [0.4, 0.5) is 5.69 Å². The molecule has 7 heteroatoms. The first kappa shape index (κ1) is 13.1. The Hall–Kier alpha value is -2.31. The van der Waals surface area contributed by atoms with Crippen LogP contribution in [0.2, 0.25) is 0 Å². The topological polar surface area (TPSA) is 90.8 Å². The molecule has 7 nitrogen and oxygen atoms in total. The average Bonchev–Trinajstić information content (AvgIpc) is 2.95. The molecule has 2 aromatic heterocycles. The van der Waals surface area contributed by atoms with Gasteiger partial charge in [-0.2, -0.15) is 10.2 Å². The number of carbonyl (C=O) groups is 1. The van der Waals surface area contributed by atoms with E-state index in [0.29, 0.717) is 31.0 Å². The highest BCUT2D eigenvalue weighted by molar-refractivity contribution is 5.97. The molecule has 0 aliphatic rings. The molecule has 102 valence electrons. The van der Waals surface area contributed by atoms with E-state index in [4.69, 9.17) is 5.73 Å². The molecule has 0 bridgehead atoms. The van der Waals surface area contributed by atoms with Gasteiger partial charge >= 0.3 is 0 Å². The molecule has 0 atom stereocenters. The Bertz CT molecular complexity index is 571. The molecule has 0 saturated heterocycles. The normalized spacial score (nSPS) is 10.6. The molecule has 0 spiro atoms. The van der Waals surface area contributed by atoms with Crippen molar-refractivity contribution >= 4 is 11.6 Å². The Morgan fingerprint density at radius 1 is 1.42 bits per heavy atom. The summed E-state index contributed by atoms with van der Waals surface area (Å²) in [6, 6.07) is 0. The molecule has 0 fully saturated rings. The largest absolute Gasteiger partial charge is 0.396 e. The van der Waals surface area contributed by atoms with Gasteiger partial charge in [0.05, 0.1) is 24.6 Å². The second-order valence-electron chi connectivity index (χ2n) is 4.30. The van der Waals surface area contributed by atoms with Crippen molar-refractivity contribution in [1.82, 2.24) is 24.9 Å². The summed E-state index contributed by atoms with van der Waals surface area (Å²) in [6.07, 6.45) is 5.21. The highest BCUT2D eigenvalue weighted by atomic mass is 16.2. The molecule has 0 saturated carbocycles. The van der Waals surface area contributed by atoms with E-state index in [1.54, 1.807) is 15.6 Å². The van der Waals surface area contributed by atoms with Crippen LogP contribution in [-0.4, -0.2) is 32.0 Å². The lowest BCUT2D eigenvalue weighted by molar-refractivity contribution is 0.0942. The zero-order valence-corrected chi connectivity index (χ0v) is 11.1. The lowest BCUT2D eigenvalue weighted by Gasteiger charge is -2.07. The van der Waals surface area contributed by atoms with E-state index < -0.39 is 0 Å². The Morgan fingerprint density at radius 2 is 2.21 bits per heavy atom. The number of nitrogen functional groups attached to an aromatic ring is 1. The Kier molecular flexibility index (Phi) is 3.84. The van der Waals surface area contributed by atoms with Gasteiger partial charge in [0.2, 0.25) is 0 Å². The van der Waals surface area contributed by atoms with Crippen molar-refractivity contribution in [2.75, 3.05) is 12.3 Å². The maximum Gasteiger partial charge on any atom is 0.271 e. The number of nitrogens with one attached hydrogen (secondary N) is 1. The van der Waals surface area contributed by atoms with E-state index >= 15 is 0 Å². The second-order valence-corrected chi connectivity index (χ2v) is 4.30. The van der Waals surface area contributed by atoms with Crippen LogP contribution in [0.25, 0.3) is 0 Å². The summed E-state index contributed by atoms with van der Waals surface area (Å²) in [5.41, 5.74) is 7.65. The number of aryl methyl sites for hydroxylation is 2. The molecule has 0 aliphatic heterocycles. The van der Waals surface area contributed by atoms with E-state index in [1.165, 1.54) is 6.20 Å². The first-order valence-corrected chi connectivity index (χ1v) is 6.20. The summed E-state index contributed by atoms with van der Waals surface area (Å²) >= 11 is 0. The number of anilines is 1. The summed E-state index contributed by atoms with van der Waals surface area (Å²) in [4.78, 5) is 12.0. The van der Waals surface area contributed by atoms with Gasteiger partial charge in [-0.1, -0.05) is 0 Å².